The standard InChI is InChI=1S/C28H43NO10/c1-7-10-14-35-27(33)38-21-13-12-20(16-22(21)39-28(34)36-15-11-8-2)23(24(29)25(30)31)18(5)19(6)37-26(32)17(4)9-3/h12-13,16-19,23-24H,7-11,14-15,29H2,1-6H3,(H,30,31)/t17?,18?,19?,23?,24-/m0/s1. The molecule has 39 heavy (non-hydrogen) atoms. The summed E-state index contributed by atoms with van der Waals surface area (Å²) in [6.07, 6.45) is 0.785. The van der Waals surface area contributed by atoms with E-state index in [0.717, 1.165) is 12.8 Å². The van der Waals surface area contributed by atoms with Crippen LogP contribution in [0.4, 0.5) is 9.59 Å². The second-order valence-corrected chi connectivity index (χ2v) is 9.51. The number of carbonyl (C=O) groups excluding carboxylic acids is 3. The molecule has 0 bridgehead atoms. The molecule has 0 heterocycles. The number of rotatable bonds is 16. The first-order chi connectivity index (χ1) is 18.5. The summed E-state index contributed by atoms with van der Waals surface area (Å²) >= 11 is 0. The van der Waals surface area contributed by atoms with Gasteiger partial charge in [-0.3, -0.25) is 9.59 Å². The van der Waals surface area contributed by atoms with Crippen molar-refractivity contribution in [1.29, 1.82) is 0 Å². The van der Waals surface area contributed by atoms with Gasteiger partial charge in [-0.2, -0.15) is 0 Å². The van der Waals surface area contributed by atoms with Crippen molar-refractivity contribution in [3.05, 3.63) is 23.8 Å². The van der Waals surface area contributed by atoms with Crippen molar-refractivity contribution in [2.45, 2.75) is 91.7 Å². The average Bonchev–Trinajstić information content (AvgIpc) is 2.89. The van der Waals surface area contributed by atoms with Crippen LogP contribution in [0.25, 0.3) is 0 Å². The molecule has 11 heteroatoms. The fourth-order valence-corrected chi connectivity index (χ4v) is 3.59. The number of esters is 1. The highest BCUT2D eigenvalue weighted by molar-refractivity contribution is 5.75. The SMILES string of the molecule is CCCCOC(=O)Oc1ccc(C(C(C)C(C)OC(=O)C(C)CC)[C@H](N)C(=O)O)cc1OC(=O)OCCCC. The maximum Gasteiger partial charge on any atom is 0.513 e. The Morgan fingerprint density at radius 2 is 1.41 bits per heavy atom. The fourth-order valence-electron chi connectivity index (χ4n) is 3.59. The average molecular weight is 554 g/mol. The Bertz CT molecular complexity index is 950. The predicted octanol–water partition coefficient (Wildman–Crippen LogP) is 5.43. The Morgan fingerprint density at radius 1 is 0.872 bits per heavy atom. The van der Waals surface area contributed by atoms with Crippen molar-refractivity contribution < 1.29 is 48.0 Å². The van der Waals surface area contributed by atoms with Gasteiger partial charge >= 0.3 is 24.2 Å². The van der Waals surface area contributed by atoms with Crippen molar-refractivity contribution in [2.75, 3.05) is 13.2 Å². The zero-order valence-corrected chi connectivity index (χ0v) is 23.8. The second kappa shape index (κ2) is 17.3. The monoisotopic (exact) mass is 553 g/mol. The molecule has 220 valence electrons. The molecule has 1 rings (SSSR count). The van der Waals surface area contributed by atoms with E-state index in [2.05, 4.69) is 0 Å². The number of aliphatic carboxylic acids is 1. The van der Waals surface area contributed by atoms with Gasteiger partial charge in [-0.1, -0.05) is 53.5 Å². The van der Waals surface area contributed by atoms with Gasteiger partial charge in [-0.25, -0.2) is 9.59 Å². The van der Waals surface area contributed by atoms with Crippen molar-refractivity contribution in [3.8, 4) is 11.5 Å². The third-order valence-electron chi connectivity index (χ3n) is 6.47. The second-order valence-electron chi connectivity index (χ2n) is 9.51. The van der Waals surface area contributed by atoms with Gasteiger partial charge in [0.1, 0.15) is 12.1 Å². The summed E-state index contributed by atoms with van der Waals surface area (Å²) in [7, 11) is 0. The minimum Gasteiger partial charge on any atom is -0.480 e. The number of benzene rings is 1. The van der Waals surface area contributed by atoms with E-state index in [-0.39, 0.29) is 30.6 Å². The van der Waals surface area contributed by atoms with Crippen molar-refractivity contribution in [2.24, 2.45) is 17.6 Å². The largest absolute Gasteiger partial charge is 0.513 e. The molecule has 0 saturated heterocycles. The van der Waals surface area contributed by atoms with Crippen LogP contribution < -0.4 is 15.2 Å². The van der Waals surface area contributed by atoms with Gasteiger partial charge in [0.05, 0.1) is 19.1 Å². The molecule has 0 aliphatic heterocycles. The summed E-state index contributed by atoms with van der Waals surface area (Å²) in [5, 5.41) is 9.74. The van der Waals surface area contributed by atoms with Gasteiger partial charge in [0.15, 0.2) is 11.5 Å². The summed E-state index contributed by atoms with van der Waals surface area (Å²) in [6.45, 7) is 11.2. The molecule has 3 N–H and O–H groups in total. The van der Waals surface area contributed by atoms with Crippen LogP contribution in [-0.2, 0) is 23.8 Å². The smallest absolute Gasteiger partial charge is 0.480 e. The van der Waals surface area contributed by atoms with Crippen LogP contribution in [0.5, 0.6) is 11.5 Å². The lowest BCUT2D eigenvalue weighted by atomic mass is 9.79. The lowest BCUT2D eigenvalue weighted by Gasteiger charge is -2.32. The minimum absolute atomic E-state index is 0.126. The quantitative estimate of drug-likeness (QED) is 0.116. The zero-order chi connectivity index (χ0) is 29.5. The highest BCUT2D eigenvalue weighted by Crippen LogP contribution is 2.37. The van der Waals surface area contributed by atoms with E-state index in [4.69, 9.17) is 29.4 Å². The minimum atomic E-state index is -1.39. The van der Waals surface area contributed by atoms with Gasteiger partial charge in [0, 0.05) is 11.8 Å². The van der Waals surface area contributed by atoms with Crippen molar-refractivity contribution in [1.82, 2.24) is 0 Å². The van der Waals surface area contributed by atoms with Crippen LogP contribution in [0, 0.1) is 11.8 Å². The van der Waals surface area contributed by atoms with Gasteiger partial charge in [0.25, 0.3) is 0 Å². The molecule has 0 amide bonds. The topological polar surface area (TPSA) is 161 Å². The molecular weight excluding hydrogens is 510 g/mol. The number of unbranched alkanes of at least 4 members (excludes halogenated alkanes) is 2. The maximum atomic E-state index is 12.4. The Morgan fingerprint density at radius 3 is 1.90 bits per heavy atom. The van der Waals surface area contributed by atoms with Gasteiger partial charge < -0.3 is 34.5 Å². The molecule has 0 saturated carbocycles. The molecule has 1 aromatic rings. The molecule has 1 aromatic carbocycles. The van der Waals surface area contributed by atoms with Crippen molar-refractivity contribution in [3.63, 3.8) is 0 Å². The molecule has 0 radical (unpaired) electrons. The molecule has 0 aliphatic rings. The van der Waals surface area contributed by atoms with Gasteiger partial charge in [-0.15, -0.1) is 0 Å². The number of carbonyl (C=O) groups is 4. The third-order valence-corrected chi connectivity index (χ3v) is 6.47. The van der Waals surface area contributed by atoms with Gasteiger partial charge in [-0.05, 0) is 43.9 Å². The number of nitrogens with two attached hydrogens (primary N) is 1. The molecule has 0 fully saturated rings. The molecule has 11 nitrogen and oxygen atoms in total. The summed E-state index contributed by atoms with van der Waals surface area (Å²) in [4.78, 5) is 48.8. The van der Waals surface area contributed by atoms with Crippen LogP contribution in [0.3, 0.4) is 0 Å². The van der Waals surface area contributed by atoms with Crippen LogP contribution in [-0.4, -0.2) is 54.7 Å². The normalized spacial score (nSPS) is 14.7. The Kier molecular flexibility index (Phi) is 14.9. The Hall–Kier alpha value is -3.34. The van der Waals surface area contributed by atoms with E-state index in [1.165, 1.54) is 18.2 Å². The maximum absolute atomic E-state index is 12.4. The van der Waals surface area contributed by atoms with E-state index >= 15 is 0 Å². The lowest BCUT2D eigenvalue weighted by molar-refractivity contribution is -0.155. The molecular formula is C28H43NO10. The van der Waals surface area contributed by atoms with E-state index in [1.54, 1.807) is 20.8 Å². The summed E-state index contributed by atoms with van der Waals surface area (Å²) < 4.78 is 26.3. The van der Waals surface area contributed by atoms with E-state index in [1.807, 2.05) is 20.8 Å². The van der Waals surface area contributed by atoms with Crippen molar-refractivity contribution >= 4 is 24.2 Å². The first-order valence-electron chi connectivity index (χ1n) is 13.5. The van der Waals surface area contributed by atoms with Gasteiger partial charge in [0.2, 0.25) is 0 Å². The first kappa shape index (κ1) is 33.7. The summed E-state index contributed by atoms with van der Waals surface area (Å²) in [5.74, 6) is -3.72. The van der Waals surface area contributed by atoms with Crippen LogP contribution in [0.1, 0.15) is 85.1 Å². The van der Waals surface area contributed by atoms with Crippen LogP contribution in [0.2, 0.25) is 0 Å². The summed E-state index contributed by atoms with van der Waals surface area (Å²) in [6, 6.07) is 2.84. The van der Waals surface area contributed by atoms with E-state index in [0.29, 0.717) is 24.8 Å². The highest BCUT2D eigenvalue weighted by Gasteiger charge is 2.36. The molecule has 5 atom stereocenters. The number of hydrogen-bond donors (Lipinski definition) is 2. The number of ether oxygens (including phenoxy) is 5. The molecule has 0 aromatic heterocycles. The van der Waals surface area contributed by atoms with Crippen LogP contribution >= 0.6 is 0 Å². The van der Waals surface area contributed by atoms with Crippen LogP contribution in [0.15, 0.2) is 18.2 Å². The van der Waals surface area contributed by atoms with E-state index < -0.39 is 48.2 Å². The predicted molar refractivity (Wildman–Crippen MR) is 143 cm³/mol. The Balaban J connectivity index is 3.38. The fraction of sp³-hybridized carbons (Fsp3) is 0.643. The molecule has 4 unspecified atom stereocenters. The summed E-state index contributed by atoms with van der Waals surface area (Å²) in [5.41, 5.74) is 6.46. The third kappa shape index (κ3) is 11.1. The highest BCUT2D eigenvalue weighted by atomic mass is 16.7. The number of carboxylic acid groups (broad SMARTS) is 1. The number of hydrogen-bond acceptors (Lipinski definition) is 10. The zero-order valence-electron chi connectivity index (χ0n) is 23.8. The van der Waals surface area contributed by atoms with E-state index in [9.17, 15) is 24.3 Å². The lowest BCUT2D eigenvalue weighted by Crippen LogP contribution is -2.43. The Labute approximate surface area is 230 Å². The molecule has 0 spiro atoms. The first-order valence-corrected chi connectivity index (χ1v) is 13.5. The molecule has 0 aliphatic carbocycles. The number of carboxylic acids is 1.